The van der Waals surface area contributed by atoms with Crippen molar-refractivity contribution in [3.8, 4) is 0 Å². The number of amides is 1. The number of nitrogens with one attached hydrogen (secondary N) is 1. The lowest BCUT2D eigenvalue weighted by Crippen LogP contribution is -2.52. The average molecular weight is 311 g/mol. The second-order valence-corrected chi connectivity index (χ2v) is 5.68. The van der Waals surface area contributed by atoms with E-state index < -0.39 is 0 Å². The van der Waals surface area contributed by atoms with Gasteiger partial charge in [-0.15, -0.1) is 0 Å². The second kappa shape index (κ2) is 6.34. The molecular weight excluding hydrogens is 292 g/mol. The van der Waals surface area contributed by atoms with Crippen molar-refractivity contribution in [2.75, 3.05) is 19.6 Å². The van der Waals surface area contributed by atoms with E-state index in [4.69, 9.17) is 0 Å². The van der Waals surface area contributed by atoms with E-state index in [0.29, 0.717) is 12.5 Å². The molecule has 1 saturated heterocycles. The van der Waals surface area contributed by atoms with Gasteiger partial charge in [0.05, 0.1) is 0 Å². The van der Waals surface area contributed by atoms with Crippen molar-refractivity contribution in [2.45, 2.75) is 25.8 Å². The van der Waals surface area contributed by atoms with E-state index >= 15 is 0 Å². The van der Waals surface area contributed by atoms with Gasteiger partial charge in [0.1, 0.15) is 0 Å². The molecule has 3 nitrogen and oxygen atoms in total. The Balaban J connectivity index is 1.85. The van der Waals surface area contributed by atoms with E-state index in [1.807, 2.05) is 17.0 Å². The van der Waals surface area contributed by atoms with Gasteiger partial charge in [0.25, 0.3) is 0 Å². The molecule has 1 amide bonds. The Labute approximate surface area is 117 Å². The third-order valence-corrected chi connectivity index (χ3v) is 3.89. The highest BCUT2D eigenvalue weighted by Gasteiger charge is 2.22. The van der Waals surface area contributed by atoms with Gasteiger partial charge >= 0.3 is 0 Å². The molecule has 1 N–H and O–H groups in total. The van der Waals surface area contributed by atoms with Crippen molar-refractivity contribution < 1.29 is 4.79 Å². The van der Waals surface area contributed by atoms with E-state index in [0.717, 1.165) is 30.5 Å². The molecule has 0 aromatic heterocycles. The molecule has 0 bridgehead atoms. The van der Waals surface area contributed by atoms with Crippen LogP contribution < -0.4 is 5.32 Å². The number of rotatable bonds is 3. The molecule has 0 spiro atoms. The Morgan fingerprint density at radius 2 is 2.17 bits per heavy atom. The van der Waals surface area contributed by atoms with Gasteiger partial charge in [0.15, 0.2) is 0 Å². The monoisotopic (exact) mass is 310 g/mol. The fourth-order valence-corrected chi connectivity index (χ4v) is 2.52. The Bertz CT molecular complexity index is 405. The summed E-state index contributed by atoms with van der Waals surface area (Å²) >= 11 is 3.41. The molecule has 4 heteroatoms. The van der Waals surface area contributed by atoms with Gasteiger partial charge in [-0.05, 0) is 31.0 Å². The number of carbonyl (C=O) groups is 1. The summed E-state index contributed by atoms with van der Waals surface area (Å²) in [6.45, 7) is 4.75. The summed E-state index contributed by atoms with van der Waals surface area (Å²) in [4.78, 5) is 14.1. The molecular formula is C14H19BrN2O. The molecule has 0 saturated carbocycles. The molecule has 1 atom stereocenters. The van der Waals surface area contributed by atoms with Gasteiger partial charge in [-0.25, -0.2) is 0 Å². The molecule has 18 heavy (non-hydrogen) atoms. The normalized spacial score (nSPS) is 19.9. The fourth-order valence-electron chi connectivity index (χ4n) is 2.26. The Hall–Kier alpha value is -0.870. The van der Waals surface area contributed by atoms with Crippen LogP contribution in [0.1, 0.15) is 18.9 Å². The van der Waals surface area contributed by atoms with Crippen molar-refractivity contribution >= 4 is 21.8 Å². The first kappa shape index (κ1) is 13.6. The van der Waals surface area contributed by atoms with Crippen LogP contribution in [0.15, 0.2) is 28.7 Å². The highest BCUT2D eigenvalue weighted by atomic mass is 79.9. The zero-order chi connectivity index (χ0) is 13.0. The highest BCUT2D eigenvalue weighted by molar-refractivity contribution is 9.10. The number of carbonyl (C=O) groups excluding carboxylic acids is 1. The smallest absolute Gasteiger partial charge is 0.223 e. The van der Waals surface area contributed by atoms with E-state index in [2.05, 4.69) is 40.3 Å². The molecule has 1 fully saturated rings. The third-order valence-electron chi connectivity index (χ3n) is 3.36. The van der Waals surface area contributed by atoms with Crippen molar-refractivity contribution in [1.82, 2.24) is 10.2 Å². The maximum absolute atomic E-state index is 12.1. The second-order valence-electron chi connectivity index (χ2n) is 4.77. The Morgan fingerprint density at radius 1 is 1.44 bits per heavy atom. The summed E-state index contributed by atoms with van der Waals surface area (Å²) in [5.41, 5.74) is 1.22. The minimum absolute atomic E-state index is 0.270. The summed E-state index contributed by atoms with van der Waals surface area (Å²) in [5.74, 6) is 0.270. The fraction of sp³-hybridized carbons (Fsp3) is 0.500. The predicted molar refractivity (Wildman–Crippen MR) is 76.5 cm³/mol. The maximum atomic E-state index is 12.1. The average Bonchev–Trinajstić information content (AvgIpc) is 2.38. The predicted octanol–water partition coefficient (Wildman–Crippen LogP) is 2.20. The summed E-state index contributed by atoms with van der Waals surface area (Å²) in [6.07, 6.45) is 1.43. The first-order valence-electron chi connectivity index (χ1n) is 6.41. The standard InChI is InChI=1S/C14H19BrN2O/c1-11-10-16-8-9-17(11)14(18)7-4-12-2-5-13(15)6-3-12/h2-3,5-6,11,16H,4,7-10H2,1H3/t11-/m1/s1. The molecule has 98 valence electrons. The summed E-state index contributed by atoms with van der Waals surface area (Å²) in [6, 6.07) is 8.49. The molecule has 1 heterocycles. The number of aryl methyl sites for hydroxylation is 1. The van der Waals surface area contributed by atoms with Crippen LogP contribution in [0, 0.1) is 0 Å². The molecule has 1 aliphatic rings. The number of piperazine rings is 1. The van der Waals surface area contributed by atoms with Gasteiger partial charge in [0.2, 0.25) is 5.91 Å². The number of nitrogens with zero attached hydrogens (tertiary/aromatic N) is 1. The molecule has 1 aromatic carbocycles. The van der Waals surface area contributed by atoms with Crippen LogP contribution in [0.4, 0.5) is 0 Å². The SMILES string of the molecule is C[C@@H]1CNCCN1C(=O)CCc1ccc(Br)cc1. The lowest BCUT2D eigenvalue weighted by Gasteiger charge is -2.34. The minimum Gasteiger partial charge on any atom is -0.337 e. The number of benzene rings is 1. The van der Waals surface area contributed by atoms with Crippen LogP contribution in [0.2, 0.25) is 0 Å². The van der Waals surface area contributed by atoms with Crippen LogP contribution in [-0.4, -0.2) is 36.5 Å². The van der Waals surface area contributed by atoms with Crippen LogP contribution in [0.25, 0.3) is 0 Å². The molecule has 0 unspecified atom stereocenters. The van der Waals surface area contributed by atoms with E-state index in [1.54, 1.807) is 0 Å². The van der Waals surface area contributed by atoms with Gasteiger partial charge < -0.3 is 10.2 Å². The quantitative estimate of drug-likeness (QED) is 0.928. The van der Waals surface area contributed by atoms with Crippen LogP contribution in [-0.2, 0) is 11.2 Å². The summed E-state index contributed by atoms with van der Waals surface area (Å²) in [5, 5.41) is 3.30. The van der Waals surface area contributed by atoms with E-state index in [1.165, 1.54) is 5.56 Å². The Kier molecular flexibility index (Phi) is 4.78. The van der Waals surface area contributed by atoms with Crippen molar-refractivity contribution in [2.24, 2.45) is 0 Å². The minimum atomic E-state index is 0.270. The first-order chi connectivity index (χ1) is 8.66. The number of hydrogen-bond acceptors (Lipinski definition) is 2. The van der Waals surface area contributed by atoms with E-state index in [-0.39, 0.29) is 5.91 Å². The van der Waals surface area contributed by atoms with E-state index in [9.17, 15) is 4.79 Å². The van der Waals surface area contributed by atoms with Crippen molar-refractivity contribution in [3.05, 3.63) is 34.3 Å². The van der Waals surface area contributed by atoms with Crippen LogP contribution in [0.5, 0.6) is 0 Å². The van der Waals surface area contributed by atoms with Gasteiger partial charge in [-0.3, -0.25) is 4.79 Å². The van der Waals surface area contributed by atoms with Crippen molar-refractivity contribution in [1.29, 1.82) is 0 Å². The third kappa shape index (κ3) is 3.56. The molecule has 1 aliphatic heterocycles. The lowest BCUT2D eigenvalue weighted by atomic mass is 10.1. The van der Waals surface area contributed by atoms with Gasteiger partial charge in [-0.1, -0.05) is 28.1 Å². The Morgan fingerprint density at radius 3 is 2.83 bits per heavy atom. The first-order valence-corrected chi connectivity index (χ1v) is 7.21. The summed E-state index contributed by atoms with van der Waals surface area (Å²) < 4.78 is 1.08. The molecule has 0 aliphatic carbocycles. The largest absolute Gasteiger partial charge is 0.337 e. The molecule has 0 radical (unpaired) electrons. The zero-order valence-electron chi connectivity index (χ0n) is 10.7. The highest BCUT2D eigenvalue weighted by Crippen LogP contribution is 2.13. The lowest BCUT2D eigenvalue weighted by molar-refractivity contribution is -0.133. The number of halogens is 1. The van der Waals surface area contributed by atoms with Crippen LogP contribution >= 0.6 is 15.9 Å². The van der Waals surface area contributed by atoms with Crippen molar-refractivity contribution in [3.63, 3.8) is 0 Å². The van der Waals surface area contributed by atoms with Gasteiger partial charge in [0, 0.05) is 36.6 Å². The molecule has 2 rings (SSSR count). The number of hydrogen-bond donors (Lipinski definition) is 1. The maximum Gasteiger partial charge on any atom is 0.223 e. The van der Waals surface area contributed by atoms with Gasteiger partial charge in [-0.2, -0.15) is 0 Å². The van der Waals surface area contributed by atoms with Crippen LogP contribution in [0.3, 0.4) is 0 Å². The topological polar surface area (TPSA) is 32.3 Å². The zero-order valence-corrected chi connectivity index (χ0v) is 12.2. The summed E-state index contributed by atoms with van der Waals surface area (Å²) in [7, 11) is 0. The molecule has 1 aromatic rings.